The topological polar surface area (TPSA) is 41.6 Å². The van der Waals surface area contributed by atoms with Crippen molar-refractivity contribution in [2.45, 2.75) is 26.3 Å². The van der Waals surface area contributed by atoms with Crippen molar-refractivity contribution in [3.05, 3.63) is 29.8 Å². The number of ketones is 1. The Morgan fingerprint density at radius 1 is 1.45 bits per heavy atom. The fourth-order valence-corrected chi connectivity index (χ4v) is 2.51. The second-order valence-electron chi connectivity index (χ2n) is 5.28. The summed E-state index contributed by atoms with van der Waals surface area (Å²) in [7, 11) is 0. The van der Waals surface area contributed by atoms with Crippen molar-refractivity contribution in [1.29, 1.82) is 0 Å². The molecule has 1 aliphatic heterocycles. The number of carbonyl (C=O) groups is 1. The molecule has 1 fully saturated rings. The van der Waals surface area contributed by atoms with Crippen LogP contribution in [0.15, 0.2) is 24.3 Å². The van der Waals surface area contributed by atoms with Crippen molar-refractivity contribution in [3.8, 4) is 5.75 Å². The molecule has 0 saturated carbocycles. The molecule has 110 valence electrons. The number of ether oxygens (including phenoxy) is 1. The minimum atomic E-state index is 0.136. The lowest BCUT2D eigenvalue weighted by molar-refractivity contribution is 0.0983. The maximum Gasteiger partial charge on any atom is 0.166 e. The molecule has 1 aliphatic rings. The van der Waals surface area contributed by atoms with Crippen LogP contribution < -0.4 is 10.1 Å². The number of rotatable bonds is 6. The predicted molar refractivity (Wildman–Crippen MR) is 80.5 cm³/mol. The van der Waals surface area contributed by atoms with Crippen molar-refractivity contribution in [3.63, 3.8) is 0 Å². The van der Waals surface area contributed by atoms with Gasteiger partial charge in [-0.3, -0.25) is 9.69 Å². The van der Waals surface area contributed by atoms with Gasteiger partial charge in [0.2, 0.25) is 0 Å². The normalized spacial score (nSPS) is 19.8. The minimum Gasteiger partial charge on any atom is -0.491 e. The Morgan fingerprint density at radius 3 is 3.00 bits per heavy atom. The van der Waals surface area contributed by atoms with Crippen molar-refractivity contribution in [1.82, 2.24) is 10.2 Å². The number of para-hydroxylation sites is 1. The predicted octanol–water partition coefficient (Wildman–Crippen LogP) is 1.95. The van der Waals surface area contributed by atoms with Crippen LogP contribution in [0.5, 0.6) is 5.75 Å². The summed E-state index contributed by atoms with van der Waals surface area (Å²) in [6.07, 6.45) is 0.510. The molecule has 1 atom stereocenters. The lowest BCUT2D eigenvalue weighted by atomic mass is 10.1. The molecule has 1 aromatic carbocycles. The zero-order valence-electron chi connectivity index (χ0n) is 12.4. The first-order chi connectivity index (χ1) is 9.70. The van der Waals surface area contributed by atoms with E-state index in [1.54, 1.807) is 0 Å². The maximum absolute atomic E-state index is 11.8. The van der Waals surface area contributed by atoms with E-state index in [0.29, 0.717) is 30.4 Å². The van der Waals surface area contributed by atoms with Crippen molar-refractivity contribution in [2.24, 2.45) is 0 Å². The van der Waals surface area contributed by atoms with Gasteiger partial charge in [-0.1, -0.05) is 19.1 Å². The largest absolute Gasteiger partial charge is 0.491 e. The number of carbonyl (C=O) groups excluding carboxylic acids is 1. The Bertz CT molecular complexity index is 448. The summed E-state index contributed by atoms with van der Waals surface area (Å²) >= 11 is 0. The standard InChI is InChI=1S/C16H24N2O2/c1-3-15(19)14-6-4-5-7-16(14)20-11-10-18-9-8-17-13(2)12-18/h4-7,13,17H,3,8-12H2,1-2H3/t13-/m0/s1. The third-order valence-corrected chi connectivity index (χ3v) is 3.63. The SMILES string of the molecule is CCC(=O)c1ccccc1OCCN1CCN[C@@H](C)C1. The Labute approximate surface area is 121 Å². The van der Waals surface area contributed by atoms with Gasteiger partial charge >= 0.3 is 0 Å². The molecule has 1 saturated heterocycles. The fraction of sp³-hybridized carbons (Fsp3) is 0.562. The molecule has 1 aromatic rings. The quantitative estimate of drug-likeness (QED) is 0.806. The van der Waals surface area contributed by atoms with Gasteiger partial charge in [0.25, 0.3) is 0 Å². The molecular formula is C16H24N2O2. The van der Waals surface area contributed by atoms with Crippen LogP contribution in [0.1, 0.15) is 30.6 Å². The van der Waals surface area contributed by atoms with Crippen LogP contribution in [-0.4, -0.2) is 49.5 Å². The highest BCUT2D eigenvalue weighted by atomic mass is 16.5. The van der Waals surface area contributed by atoms with Crippen LogP contribution in [0.2, 0.25) is 0 Å². The van der Waals surface area contributed by atoms with Crippen LogP contribution in [0.25, 0.3) is 0 Å². The molecule has 0 amide bonds. The number of nitrogens with one attached hydrogen (secondary N) is 1. The van der Waals surface area contributed by atoms with Crippen molar-refractivity contribution >= 4 is 5.78 Å². The van der Waals surface area contributed by atoms with E-state index in [0.717, 1.165) is 26.2 Å². The maximum atomic E-state index is 11.8. The van der Waals surface area contributed by atoms with E-state index >= 15 is 0 Å². The Morgan fingerprint density at radius 2 is 2.25 bits per heavy atom. The van der Waals surface area contributed by atoms with Crippen LogP contribution in [-0.2, 0) is 0 Å². The first-order valence-corrected chi connectivity index (χ1v) is 7.41. The number of hydrogen-bond donors (Lipinski definition) is 1. The zero-order valence-corrected chi connectivity index (χ0v) is 12.4. The number of piperazine rings is 1. The first kappa shape index (κ1) is 15.0. The van der Waals surface area contributed by atoms with Gasteiger partial charge in [0.1, 0.15) is 12.4 Å². The molecule has 4 heteroatoms. The summed E-state index contributed by atoms with van der Waals surface area (Å²) in [5, 5.41) is 3.42. The molecule has 0 spiro atoms. The Kier molecular flexibility index (Phi) is 5.56. The molecule has 0 aliphatic carbocycles. The fourth-order valence-electron chi connectivity index (χ4n) is 2.51. The number of Topliss-reactive ketones (excluding diaryl/α,β-unsaturated/α-hetero) is 1. The lowest BCUT2D eigenvalue weighted by Gasteiger charge is -2.31. The Hall–Kier alpha value is -1.39. The summed E-state index contributed by atoms with van der Waals surface area (Å²) in [4.78, 5) is 14.2. The molecule has 1 heterocycles. The summed E-state index contributed by atoms with van der Waals surface area (Å²) in [6.45, 7) is 8.75. The van der Waals surface area contributed by atoms with E-state index in [-0.39, 0.29) is 5.78 Å². The zero-order chi connectivity index (χ0) is 14.4. The van der Waals surface area contributed by atoms with Gasteiger partial charge in [0.15, 0.2) is 5.78 Å². The van der Waals surface area contributed by atoms with Gasteiger partial charge in [-0.15, -0.1) is 0 Å². The molecule has 1 N–H and O–H groups in total. The summed E-state index contributed by atoms with van der Waals surface area (Å²) < 4.78 is 5.82. The first-order valence-electron chi connectivity index (χ1n) is 7.41. The third-order valence-electron chi connectivity index (χ3n) is 3.63. The number of hydrogen-bond acceptors (Lipinski definition) is 4. The average molecular weight is 276 g/mol. The molecule has 4 nitrogen and oxygen atoms in total. The van der Waals surface area contributed by atoms with Gasteiger partial charge in [-0.25, -0.2) is 0 Å². The summed E-state index contributed by atoms with van der Waals surface area (Å²) in [6, 6.07) is 8.05. The molecule has 0 unspecified atom stereocenters. The second-order valence-corrected chi connectivity index (χ2v) is 5.28. The van der Waals surface area contributed by atoms with Gasteiger partial charge in [-0.05, 0) is 19.1 Å². The van der Waals surface area contributed by atoms with Crippen LogP contribution in [0.3, 0.4) is 0 Å². The van der Waals surface area contributed by atoms with E-state index in [1.807, 2.05) is 31.2 Å². The number of benzene rings is 1. The van der Waals surface area contributed by atoms with Gasteiger partial charge in [0, 0.05) is 38.6 Å². The molecule has 2 rings (SSSR count). The molecule has 0 radical (unpaired) electrons. The van der Waals surface area contributed by atoms with Crippen LogP contribution in [0, 0.1) is 0 Å². The second kappa shape index (κ2) is 7.41. The minimum absolute atomic E-state index is 0.136. The van der Waals surface area contributed by atoms with E-state index in [9.17, 15) is 4.79 Å². The van der Waals surface area contributed by atoms with Crippen molar-refractivity contribution < 1.29 is 9.53 Å². The van der Waals surface area contributed by atoms with Crippen LogP contribution in [0.4, 0.5) is 0 Å². The molecule has 0 aromatic heterocycles. The smallest absolute Gasteiger partial charge is 0.166 e. The van der Waals surface area contributed by atoms with Gasteiger partial charge < -0.3 is 10.1 Å². The third kappa shape index (κ3) is 4.05. The summed E-state index contributed by atoms with van der Waals surface area (Å²) in [5.74, 6) is 0.846. The van der Waals surface area contributed by atoms with Gasteiger partial charge in [-0.2, -0.15) is 0 Å². The van der Waals surface area contributed by atoms with Crippen molar-refractivity contribution in [2.75, 3.05) is 32.8 Å². The van der Waals surface area contributed by atoms with E-state index < -0.39 is 0 Å². The molecule has 0 bridgehead atoms. The highest BCUT2D eigenvalue weighted by Crippen LogP contribution is 2.19. The average Bonchev–Trinajstić information content (AvgIpc) is 2.47. The lowest BCUT2D eigenvalue weighted by Crippen LogP contribution is -2.50. The van der Waals surface area contributed by atoms with E-state index in [4.69, 9.17) is 4.74 Å². The molecular weight excluding hydrogens is 252 g/mol. The van der Waals surface area contributed by atoms with E-state index in [1.165, 1.54) is 0 Å². The summed E-state index contributed by atoms with van der Waals surface area (Å²) in [5.41, 5.74) is 0.698. The van der Waals surface area contributed by atoms with Gasteiger partial charge in [0.05, 0.1) is 5.56 Å². The number of nitrogens with zero attached hydrogens (tertiary/aromatic N) is 1. The highest BCUT2D eigenvalue weighted by molar-refractivity contribution is 5.98. The molecule has 20 heavy (non-hydrogen) atoms. The highest BCUT2D eigenvalue weighted by Gasteiger charge is 2.15. The van der Waals surface area contributed by atoms with E-state index in [2.05, 4.69) is 17.1 Å². The Balaban J connectivity index is 1.86. The van der Waals surface area contributed by atoms with Crippen LogP contribution >= 0.6 is 0 Å². The monoisotopic (exact) mass is 276 g/mol.